The number of methoxy groups -OCH3 is 1. The molecule has 4 rings (SSSR count). The lowest BCUT2D eigenvalue weighted by molar-refractivity contribution is -0.0251. The average Bonchev–Trinajstić information content (AvgIpc) is 3.07. The fourth-order valence-electron chi connectivity index (χ4n) is 4.12. The molecule has 148 valence electrons. The molecule has 1 atom stereocenters. The van der Waals surface area contributed by atoms with Crippen molar-refractivity contribution in [2.75, 3.05) is 7.11 Å². The van der Waals surface area contributed by atoms with E-state index < -0.39 is 5.60 Å². The van der Waals surface area contributed by atoms with Crippen LogP contribution in [-0.2, 0) is 23.4 Å². The molecule has 3 aromatic rings. The first-order chi connectivity index (χ1) is 14.1. The first kappa shape index (κ1) is 19.2. The molecule has 2 heterocycles. The van der Waals surface area contributed by atoms with Gasteiger partial charge in [0.1, 0.15) is 5.60 Å². The van der Waals surface area contributed by atoms with Gasteiger partial charge in [-0.05, 0) is 17.5 Å². The number of fused-ring (bicyclic) bond motifs is 1. The third-order valence-electron chi connectivity index (χ3n) is 5.42. The zero-order valence-corrected chi connectivity index (χ0v) is 16.7. The van der Waals surface area contributed by atoms with Crippen LogP contribution in [0, 0.1) is 0 Å². The van der Waals surface area contributed by atoms with Crippen LogP contribution in [0.2, 0.25) is 0 Å². The minimum Gasteiger partial charge on any atom is -0.481 e. The molecule has 0 spiro atoms. The Labute approximate surface area is 170 Å². The van der Waals surface area contributed by atoms with Crippen molar-refractivity contribution in [3.8, 4) is 5.88 Å². The van der Waals surface area contributed by atoms with Crippen LogP contribution in [0.1, 0.15) is 35.7 Å². The molecule has 2 aromatic carbocycles. The number of hydrogen-bond donors (Lipinski definition) is 0. The molecule has 0 amide bonds. The highest BCUT2D eigenvalue weighted by molar-refractivity contribution is 5.59. The summed E-state index contributed by atoms with van der Waals surface area (Å²) in [6.07, 6.45) is 1.13. The van der Waals surface area contributed by atoms with Crippen LogP contribution in [0.4, 0.5) is 0 Å². The van der Waals surface area contributed by atoms with Gasteiger partial charge in [0.15, 0.2) is 0 Å². The van der Waals surface area contributed by atoms with Crippen LogP contribution in [0.5, 0.6) is 5.88 Å². The first-order valence-electron chi connectivity index (χ1n) is 9.72. The average molecular weight is 388 g/mol. The number of aromatic nitrogens is 2. The number of benzene rings is 2. The van der Waals surface area contributed by atoms with Gasteiger partial charge < -0.3 is 9.47 Å². The molecule has 29 heavy (non-hydrogen) atoms. The van der Waals surface area contributed by atoms with Gasteiger partial charge in [-0.1, -0.05) is 74.2 Å². The van der Waals surface area contributed by atoms with Crippen molar-refractivity contribution in [1.29, 1.82) is 0 Å². The molecule has 0 bridgehead atoms. The summed E-state index contributed by atoms with van der Waals surface area (Å²) in [6, 6.07) is 20.0. The van der Waals surface area contributed by atoms with Crippen LogP contribution in [0.3, 0.4) is 0 Å². The highest BCUT2D eigenvalue weighted by atomic mass is 16.5. The van der Waals surface area contributed by atoms with E-state index in [-0.39, 0.29) is 5.69 Å². The van der Waals surface area contributed by atoms with Gasteiger partial charge in [0.25, 0.3) is 0 Å². The van der Waals surface area contributed by atoms with Gasteiger partial charge in [0.05, 0.1) is 19.4 Å². The normalized spacial score (nSPS) is 17.9. The van der Waals surface area contributed by atoms with Crippen molar-refractivity contribution in [2.45, 2.75) is 32.0 Å². The summed E-state index contributed by atoms with van der Waals surface area (Å²) in [5.41, 5.74) is 3.12. The van der Waals surface area contributed by atoms with Gasteiger partial charge in [0.2, 0.25) is 5.88 Å². The predicted molar refractivity (Wildman–Crippen MR) is 113 cm³/mol. The van der Waals surface area contributed by atoms with Crippen molar-refractivity contribution in [1.82, 2.24) is 9.55 Å². The predicted octanol–water partition coefficient (Wildman–Crippen LogP) is 4.15. The highest BCUT2D eigenvalue weighted by Crippen LogP contribution is 2.48. The largest absolute Gasteiger partial charge is 0.481 e. The number of nitrogens with zero attached hydrogens (tertiary/aromatic N) is 2. The van der Waals surface area contributed by atoms with E-state index in [1.807, 2.05) is 67.6 Å². The number of rotatable bonds is 6. The molecule has 0 saturated heterocycles. The van der Waals surface area contributed by atoms with Gasteiger partial charge >= 0.3 is 5.69 Å². The minimum absolute atomic E-state index is 0.349. The van der Waals surface area contributed by atoms with Crippen LogP contribution in [-0.4, -0.2) is 16.7 Å². The Morgan fingerprint density at radius 3 is 2.38 bits per heavy atom. The third-order valence-corrected chi connectivity index (χ3v) is 5.42. The highest BCUT2D eigenvalue weighted by Gasteiger charge is 2.47. The quantitative estimate of drug-likeness (QED) is 0.637. The second-order valence-corrected chi connectivity index (χ2v) is 7.13. The lowest BCUT2D eigenvalue weighted by Gasteiger charge is -2.32. The molecule has 0 saturated carbocycles. The summed E-state index contributed by atoms with van der Waals surface area (Å²) in [4.78, 5) is 16.9. The smallest absolute Gasteiger partial charge is 0.355 e. The van der Waals surface area contributed by atoms with Crippen LogP contribution >= 0.6 is 0 Å². The summed E-state index contributed by atoms with van der Waals surface area (Å²) < 4.78 is 13.7. The summed E-state index contributed by atoms with van der Waals surface area (Å²) in [6.45, 7) is 6.60. The summed E-state index contributed by atoms with van der Waals surface area (Å²) in [5, 5.41) is 0. The standard InChI is InChI=1S/C24H24N2O3/c1-4-20-21-24(19-13-9-6-10-14-19,29-16-18-11-7-5-8-12-18)15-17(2)26(21)23(27)25-22(20)28-3/h5-14H,2,4,15-16H2,1,3H3. The SMILES string of the molecule is C=C1CC(OCc2ccccc2)(c2ccccc2)c2c(CC)c(OC)nc(=O)n21. The Morgan fingerprint density at radius 2 is 1.76 bits per heavy atom. The molecule has 0 aliphatic carbocycles. The van der Waals surface area contributed by atoms with Crippen LogP contribution < -0.4 is 10.4 Å². The fourth-order valence-corrected chi connectivity index (χ4v) is 4.12. The Bertz CT molecular complexity index is 1090. The lowest BCUT2D eigenvalue weighted by Crippen LogP contribution is -2.33. The molecule has 0 radical (unpaired) electrons. The molecule has 0 N–H and O–H groups in total. The molecule has 1 aliphatic heterocycles. The zero-order valence-electron chi connectivity index (χ0n) is 16.7. The molecule has 5 heteroatoms. The van der Waals surface area contributed by atoms with E-state index in [0.717, 1.165) is 22.4 Å². The van der Waals surface area contributed by atoms with Gasteiger partial charge in [-0.25, -0.2) is 4.79 Å². The molecule has 5 nitrogen and oxygen atoms in total. The van der Waals surface area contributed by atoms with Crippen LogP contribution in [0.25, 0.3) is 5.70 Å². The molecular formula is C24H24N2O3. The van der Waals surface area contributed by atoms with Crippen molar-refractivity contribution < 1.29 is 9.47 Å². The van der Waals surface area contributed by atoms with E-state index in [1.54, 1.807) is 4.57 Å². The van der Waals surface area contributed by atoms with Crippen molar-refractivity contribution >= 4 is 5.70 Å². The third kappa shape index (κ3) is 3.17. The minimum atomic E-state index is -0.838. The Morgan fingerprint density at radius 1 is 1.10 bits per heavy atom. The Kier molecular flexibility index (Phi) is 5.07. The maximum Gasteiger partial charge on any atom is 0.355 e. The van der Waals surface area contributed by atoms with Crippen molar-refractivity contribution in [3.63, 3.8) is 0 Å². The number of ether oxygens (including phenoxy) is 2. The van der Waals surface area contributed by atoms with Crippen molar-refractivity contribution in [3.05, 3.63) is 100 Å². The maximum absolute atomic E-state index is 12.8. The van der Waals surface area contributed by atoms with E-state index in [0.29, 0.717) is 31.0 Å². The second-order valence-electron chi connectivity index (χ2n) is 7.13. The summed E-state index contributed by atoms with van der Waals surface area (Å²) >= 11 is 0. The maximum atomic E-state index is 12.8. The molecule has 1 unspecified atom stereocenters. The van der Waals surface area contributed by atoms with E-state index in [4.69, 9.17) is 9.47 Å². The Hall–Kier alpha value is -3.18. The second kappa shape index (κ2) is 7.68. The Balaban J connectivity index is 1.95. The number of hydrogen-bond acceptors (Lipinski definition) is 4. The van der Waals surface area contributed by atoms with E-state index in [9.17, 15) is 4.79 Å². The summed E-state index contributed by atoms with van der Waals surface area (Å²) in [7, 11) is 1.54. The van der Waals surface area contributed by atoms with Crippen molar-refractivity contribution in [2.24, 2.45) is 0 Å². The lowest BCUT2D eigenvalue weighted by atomic mass is 9.86. The van der Waals surface area contributed by atoms with Gasteiger partial charge in [0, 0.05) is 17.7 Å². The van der Waals surface area contributed by atoms with Gasteiger partial charge in [-0.15, -0.1) is 0 Å². The summed E-state index contributed by atoms with van der Waals surface area (Å²) in [5.74, 6) is 0.349. The molecular weight excluding hydrogens is 364 g/mol. The fraction of sp³-hybridized carbons (Fsp3) is 0.250. The van der Waals surface area contributed by atoms with E-state index in [1.165, 1.54) is 7.11 Å². The van der Waals surface area contributed by atoms with E-state index in [2.05, 4.69) is 11.6 Å². The molecule has 1 aromatic heterocycles. The van der Waals surface area contributed by atoms with Gasteiger partial charge in [-0.3, -0.25) is 4.57 Å². The van der Waals surface area contributed by atoms with Gasteiger partial charge in [-0.2, -0.15) is 4.98 Å². The van der Waals surface area contributed by atoms with Crippen LogP contribution in [0.15, 0.2) is 72.0 Å². The van der Waals surface area contributed by atoms with E-state index >= 15 is 0 Å². The molecule has 1 aliphatic rings. The first-order valence-corrected chi connectivity index (χ1v) is 9.72. The zero-order chi connectivity index (χ0) is 20.4. The molecule has 0 fully saturated rings. The topological polar surface area (TPSA) is 53.4 Å². The monoisotopic (exact) mass is 388 g/mol.